The predicted molar refractivity (Wildman–Crippen MR) is 72.4 cm³/mol. The molecule has 1 saturated heterocycles. The molecule has 0 spiro atoms. The molecule has 1 unspecified atom stereocenters. The van der Waals surface area contributed by atoms with Gasteiger partial charge in [-0.15, -0.1) is 0 Å². The van der Waals surface area contributed by atoms with E-state index in [0.29, 0.717) is 32.3 Å². The zero-order chi connectivity index (χ0) is 13.2. The van der Waals surface area contributed by atoms with Crippen LogP contribution in [-0.2, 0) is 9.53 Å². The normalized spacial score (nSPS) is 21.6. The number of hydrogen-bond acceptors (Lipinski definition) is 4. The van der Waals surface area contributed by atoms with Crippen LogP contribution in [0.5, 0.6) is 0 Å². The Morgan fingerprint density at radius 2 is 2.28 bits per heavy atom. The largest absolute Gasteiger partial charge is 0.385 e. The van der Waals surface area contributed by atoms with Crippen LogP contribution < -0.4 is 11.1 Å². The molecule has 0 aliphatic carbocycles. The fourth-order valence-electron chi connectivity index (χ4n) is 2.40. The minimum atomic E-state index is 0.103. The summed E-state index contributed by atoms with van der Waals surface area (Å²) in [6.07, 6.45) is 5.64. The Bertz CT molecular complexity index is 236. The molecule has 0 aromatic rings. The summed E-state index contributed by atoms with van der Waals surface area (Å²) >= 11 is 0. The van der Waals surface area contributed by atoms with Gasteiger partial charge in [0, 0.05) is 32.8 Å². The lowest BCUT2D eigenvalue weighted by Crippen LogP contribution is -2.46. The smallest absolute Gasteiger partial charge is 0.234 e. The van der Waals surface area contributed by atoms with Crippen LogP contribution in [0, 0.1) is 0 Å². The lowest BCUT2D eigenvalue weighted by Gasteiger charge is -2.28. The second kappa shape index (κ2) is 9.30. The first-order valence-electron chi connectivity index (χ1n) is 6.97. The summed E-state index contributed by atoms with van der Waals surface area (Å²) < 4.78 is 4.95. The summed E-state index contributed by atoms with van der Waals surface area (Å²) in [6.45, 7) is 3.50. The molecule has 0 aromatic carbocycles. The van der Waals surface area contributed by atoms with Crippen LogP contribution in [0.2, 0.25) is 0 Å². The molecule has 5 heteroatoms. The van der Waals surface area contributed by atoms with Crippen LogP contribution in [0.15, 0.2) is 0 Å². The van der Waals surface area contributed by atoms with E-state index in [1.807, 2.05) is 0 Å². The first kappa shape index (κ1) is 15.4. The topological polar surface area (TPSA) is 67.6 Å². The molecule has 0 bridgehead atoms. The monoisotopic (exact) mass is 257 g/mol. The quantitative estimate of drug-likeness (QED) is 0.646. The highest BCUT2D eigenvalue weighted by molar-refractivity contribution is 5.78. The van der Waals surface area contributed by atoms with Crippen molar-refractivity contribution in [2.24, 2.45) is 5.73 Å². The number of hydrogen-bond donors (Lipinski definition) is 2. The number of carbonyl (C=O) groups excluding carboxylic acids is 1. The van der Waals surface area contributed by atoms with E-state index in [2.05, 4.69) is 10.2 Å². The zero-order valence-corrected chi connectivity index (χ0v) is 11.5. The Kier molecular flexibility index (Phi) is 7.96. The van der Waals surface area contributed by atoms with Gasteiger partial charge in [0.15, 0.2) is 0 Å². The Hall–Kier alpha value is -0.650. The first-order valence-corrected chi connectivity index (χ1v) is 6.97. The summed E-state index contributed by atoms with van der Waals surface area (Å²) in [5, 5.41) is 2.93. The molecule has 1 aliphatic rings. The second-order valence-corrected chi connectivity index (χ2v) is 4.91. The van der Waals surface area contributed by atoms with Gasteiger partial charge in [-0.1, -0.05) is 12.8 Å². The third-order valence-electron chi connectivity index (χ3n) is 3.47. The molecule has 0 saturated carbocycles. The van der Waals surface area contributed by atoms with E-state index >= 15 is 0 Å². The van der Waals surface area contributed by atoms with E-state index in [4.69, 9.17) is 10.5 Å². The highest BCUT2D eigenvalue weighted by Gasteiger charge is 2.21. The lowest BCUT2D eigenvalue weighted by atomic mass is 10.1. The average Bonchev–Trinajstić information content (AvgIpc) is 2.59. The molecule has 106 valence electrons. The lowest BCUT2D eigenvalue weighted by molar-refractivity contribution is -0.122. The highest BCUT2D eigenvalue weighted by Crippen LogP contribution is 2.15. The second-order valence-electron chi connectivity index (χ2n) is 4.91. The number of nitrogens with zero attached hydrogens (tertiary/aromatic N) is 1. The number of amides is 1. The summed E-state index contributed by atoms with van der Waals surface area (Å²) in [4.78, 5) is 14.0. The van der Waals surface area contributed by atoms with Gasteiger partial charge in [0.1, 0.15) is 0 Å². The molecule has 1 fully saturated rings. The van der Waals surface area contributed by atoms with Gasteiger partial charge >= 0.3 is 0 Å². The Balaban J connectivity index is 2.27. The highest BCUT2D eigenvalue weighted by atomic mass is 16.5. The number of nitrogens with one attached hydrogen (secondary N) is 1. The van der Waals surface area contributed by atoms with Gasteiger partial charge in [0.05, 0.1) is 6.54 Å². The third-order valence-corrected chi connectivity index (χ3v) is 3.47. The number of carbonyl (C=O) groups is 1. The predicted octanol–water partition coefficient (Wildman–Crippen LogP) is 0.342. The van der Waals surface area contributed by atoms with Gasteiger partial charge < -0.3 is 15.8 Å². The molecule has 1 amide bonds. The molecular formula is C13H27N3O2. The van der Waals surface area contributed by atoms with Gasteiger partial charge in [0.25, 0.3) is 0 Å². The zero-order valence-electron chi connectivity index (χ0n) is 11.5. The molecule has 0 aromatic heterocycles. The van der Waals surface area contributed by atoms with Crippen molar-refractivity contribution < 1.29 is 9.53 Å². The van der Waals surface area contributed by atoms with Crippen LogP contribution in [0.25, 0.3) is 0 Å². The molecule has 18 heavy (non-hydrogen) atoms. The maximum atomic E-state index is 11.8. The van der Waals surface area contributed by atoms with Crippen molar-refractivity contribution in [3.05, 3.63) is 0 Å². The summed E-state index contributed by atoms with van der Waals surface area (Å²) in [5.74, 6) is 0.103. The van der Waals surface area contributed by atoms with Crippen molar-refractivity contribution in [2.75, 3.05) is 39.9 Å². The molecule has 5 nitrogen and oxygen atoms in total. The number of nitrogens with two attached hydrogens (primary N) is 1. The maximum Gasteiger partial charge on any atom is 0.234 e. The number of methoxy groups -OCH3 is 1. The van der Waals surface area contributed by atoms with Crippen LogP contribution in [0.1, 0.15) is 32.1 Å². The van der Waals surface area contributed by atoms with Crippen molar-refractivity contribution in [2.45, 2.75) is 38.1 Å². The van der Waals surface area contributed by atoms with Crippen LogP contribution in [-0.4, -0.2) is 56.7 Å². The maximum absolute atomic E-state index is 11.8. The first-order chi connectivity index (χ1) is 8.77. The summed E-state index contributed by atoms with van der Waals surface area (Å²) in [7, 11) is 1.67. The average molecular weight is 257 g/mol. The van der Waals surface area contributed by atoms with Crippen LogP contribution in [0.3, 0.4) is 0 Å². The van der Waals surface area contributed by atoms with Crippen molar-refractivity contribution in [1.82, 2.24) is 10.2 Å². The molecule has 3 N–H and O–H groups in total. The standard InChI is InChI=1S/C13H27N3O2/c1-18-9-5-7-15-13(17)11-16-8-4-2-3-6-12(16)10-14/h12H,2-11,14H2,1H3,(H,15,17). The molecular weight excluding hydrogens is 230 g/mol. The van der Waals surface area contributed by atoms with E-state index in [9.17, 15) is 4.79 Å². The molecule has 1 aliphatic heterocycles. The van der Waals surface area contributed by atoms with E-state index in [1.54, 1.807) is 7.11 Å². The minimum absolute atomic E-state index is 0.103. The molecule has 1 heterocycles. The number of rotatable bonds is 7. The number of likely N-dealkylation sites (tertiary alicyclic amines) is 1. The number of ether oxygens (including phenoxy) is 1. The fraction of sp³-hybridized carbons (Fsp3) is 0.923. The van der Waals surface area contributed by atoms with Gasteiger partial charge in [0.2, 0.25) is 5.91 Å². The molecule has 1 rings (SSSR count). The minimum Gasteiger partial charge on any atom is -0.385 e. The van der Waals surface area contributed by atoms with Crippen molar-refractivity contribution in [3.63, 3.8) is 0 Å². The van der Waals surface area contributed by atoms with Crippen molar-refractivity contribution >= 4 is 5.91 Å². The van der Waals surface area contributed by atoms with Gasteiger partial charge in [-0.25, -0.2) is 0 Å². The van der Waals surface area contributed by atoms with Crippen molar-refractivity contribution in [1.29, 1.82) is 0 Å². The molecule has 1 atom stereocenters. The Morgan fingerprint density at radius 1 is 1.44 bits per heavy atom. The van der Waals surface area contributed by atoms with E-state index in [-0.39, 0.29) is 5.91 Å². The van der Waals surface area contributed by atoms with E-state index < -0.39 is 0 Å². The van der Waals surface area contributed by atoms with Gasteiger partial charge in [-0.3, -0.25) is 9.69 Å². The Morgan fingerprint density at radius 3 is 3.00 bits per heavy atom. The Labute approximate surface area is 110 Å². The SMILES string of the molecule is COCCCNC(=O)CN1CCCCCC1CN. The van der Waals surface area contributed by atoms with E-state index in [1.165, 1.54) is 19.3 Å². The van der Waals surface area contributed by atoms with Gasteiger partial charge in [-0.05, 0) is 25.8 Å². The van der Waals surface area contributed by atoms with Gasteiger partial charge in [-0.2, -0.15) is 0 Å². The summed E-state index contributed by atoms with van der Waals surface area (Å²) in [6, 6.07) is 0.372. The van der Waals surface area contributed by atoms with Crippen LogP contribution >= 0.6 is 0 Å². The molecule has 0 radical (unpaired) electrons. The van der Waals surface area contributed by atoms with Crippen LogP contribution in [0.4, 0.5) is 0 Å². The third kappa shape index (κ3) is 5.80. The fourth-order valence-corrected chi connectivity index (χ4v) is 2.40. The van der Waals surface area contributed by atoms with Crippen molar-refractivity contribution in [3.8, 4) is 0 Å². The van der Waals surface area contributed by atoms with E-state index in [0.717, 1.165) is 19.4 Å². The summed E-state index contributed by atoms with van der Waals surface area (Å²) in [5.41, 5.74) is 5.79.